The van der Waals surface area contributed by atoms with Crippen molar-refractivity contribution in [3.8, 4) is 0 Å². The summed E-state index contributed by atoms with van der Waals surface area (Å²) in [5.74, 6) is 0. The predicted octanol–water partition coefficient (Wildman–Crippen LogP) is 6.60. The first-order valence-corrected chi connectivity index (χ1v) is 11.5. The molecule has 0 saturated heterocycles. The van der Waals surface area contributed by atoms with Gasteiger partial charge in [-0.3, -0.25) is 0 Å². The van der Waals surface area contributed by atoms with Crippen LogP contribution in [0.15, 0.2) is 97.1 Å². The van der Waals surface area contributed by atoms with E-state index in [0.717, 1.165) is 37.1 Å². The SMILES string of the molecule is Nc1ccc(Cc2ccc(CCCCc3ccc(Cc4ccc(N)cc4)cc3)cc2)cc1. The normalized spacial score (nSPS) is 10.9. The summed E-state index contributed by atoms with van der Waals surface area (Å²) in [6.07, 6.45) is 6.60. The fraction of sp³-hybridized carbons (Fsp3) is 0.200. The Bertz CT molecular complexity index is 1000. The second-order valence-electron chi connectivity index (χ2n) is 8.68. The van der Waals surface area contributed by atoms with Crippen LogP contribution >= 0.6 is 0 Å². The lowest BCUT2D eigenvalue weighted by Crippen LogP contribution is -1.93. The fourth-order valence-electron chi connectivity index (χ4n) is 4.05. The highest BCUT2D eigenvalue weighted by Gasteiger charge is 2.01. The highest BCUT2D eigenvalue weighted by atomic mass is 14.5. The molecule has 4 rings (SSSR count). The molecular formula is C30H32N2. The van der Waals surface area contributed by atoms with Crippen molar-refractivity contribution in [2.75, 3.05) is 11.5 Å². The van der Waals surface area contributed by atoms with Crippen molar-refractivity contribution in [2.24, 2.45) is 0 Å². The zero-order chi connectivity index (χ0) is 22.2. The molecule has 4 N–H and O–H groups in total. The van der Waals surface area contributed by atoms with Crippen LogP contribution < -0.4 is 11.5 Å². The van der Waals surface area contributed by atoms with Gasteiger partial charge in [0.25, 0.3) is 0 Å². The van der Waals surface area contributed by atoms with Gasteiger partial charge in [-0.1, -0.05) is 72.8 Å². The zero-order valence-electron chi connectivity index (χ0n) is 18.6. The van der Waals surface area contributed by atoms with E-state index in [4.69, 9.17) is 11.5 Å². The van der Waals surface area contributed by atoms with Gasteiger partial charge < -0.3 is 11.5 Å². The van der Waals surface area contributed by atoms with E-state index in [9.17, 15) is 0 Å². The molecule has 2 nitrogen and oxygen atoms in total. The summed E-state index contributed by atoms with van der Waals surface area (Å²) in [5.41, 5.74) is 21.3. The number of unbranched alkanes of at least 4 members (excludes halogenated alkanes) is 1. The largest absolute Gasteiger partial charge is 0.399 e. The van der Waals surface area contributed by atoms with Crippen LogP contribution in [0.1, 0.15) is 46.2 Å². The smallest absolute Gasteiger partial charge is 0.0314 e. The first-order chi connectivity index (χ1) is 15.6. The summed E-state index contributed by atoms with van der Waals surface area (Å²) in [6.45, 7) is 0. The molecule has 162 valence electrons. The molecule has 0 heterocycles. The number of anilines is 2. The van der Waals surface area contributed by atoms with Crippen LogP contribution in [0.4, 0.5) is 11.4 Å². The highest BCUT2D eigenvalue weighted by molar-refractivity contribution is 5.41. The Hall–Kier alpha value is -3.52. The lowest BCUT2D eigenvalue weighted by atomic mass is 9.99. The maximum Gasteiger partial charge on any atom is 0.0314 e. The minimum Gasteiger partial charge on any atom is -0.399 e. The third-order valence-corrected chi connectivity index (χ3v) is 6.00. The van der Waals surface area contributed by atoms with E-state index in [1.807, 2.05) is 24.3 Å². The third-order valence-electron chi connectivity index (χ3n) is 6.00. The monoisotopic (exact) mass is 420 g/mol. The number of aryl methyl sites for hydroxylation is 2. The molecule has 0 spiro atoms. The Morgan fingerprint density at radius 3 is 0.906 bits per heavy atom. The minimum absolute atomic E-state index is 0.818. The number of benzene rings is 4. The second-order valence-corrected chi connectivity index (χ2v) is 8.68. The van der Waals surface area contributed by atoms with Gasteiger partial charge in [-0.25, -0.2) is 0 Å². The average molecular weight is 421 g/mol. The maximum atomic E-state index is 5.77. The van der Waals surface area contributed by atoms with E-state index in [1.54, 1.807) is 0 Å². The van der Waals surface area contributed by atoms with Gasteiger partial charge in [0, 0.05) is 11.4 Å². The van der Waals surface area contributed by atoms with Gasteiger partial charge in [0.1, 0.15) is 0 Å². The van der Waals surface area contributed by atoms with E-state index in [1.165, 1.54) is 46.2 Å². The molecule has 0 aliphatic carbocycles. The van der Waals surface area contributed by atoms with Gasteiger partial charge in [0.15, 0.2) is 0 Å². The van der Waals surface area contributed by atoms with Crippen LogP contribution in [0.25, 0.3) is 0 Å². The third kappa shape index (κ3) is 6.49. The van der Waals surface area contributed by atoms with Crippen molar-refractivity contribution in [2.45, 2.75) is 38.5 Å². The van der Waals surface area contributed by atoms with Gasteiger partial charge in [-0.2, -0.15) is 0 Å². The summed E-state index contributed by atoms with van der Waals surface area (Å²) >= 11 is 0. The van der Waals surface area contributed by atoms with Crippen LogP contribution in [0, 0.1) is 0 Å². The number of hydrogen-bond donors (Lipinski definition) is 2. The van der Waals surface area contributed by atoms with Crippen molar-refractivity contribution < 1.29 is 0 Å². The lowest BCUT2D eigenvalue weighted by Gasteiger charge is -2.07. The Balaban J connectivity index is 1.19. The topological polar surface area (TPSA) is 52.0 Å². The zero-order valence-corrected chi connectivity index (χ0v) is 18.6. The summed E-state index contributed by atoms with van der Waals surface area (Å²) in [6, 6.07) is 34.4. The molecule has 0 amide bonds. The molecular weight excluding hydrogens is 388 g/mol. The molecule has 0 unspecified atom stereocenters. The Labute approximate surface area is 191 Å². The van der Waals surface area contributed by atoms with Crippen LogP contribution in [0.5, 0.6) is 0 Å². The van der Waals surface area contributed by atoms with Crippen LogP contribution in [0.3, 0.4) is 0 Å². The number of rotatable bonds is 9. The van der Waals surface area contributed by atoms with Gasteiger partial charge in [0.2, 0.25) is 0 Å². The van der Waals surface area contributed by atoms with Gasteiger partial charge >= 0.3 is 0 Å². The fourth-order valence-corrected chi connectivity index (χ4v) is 4.05. The van der Waals surface area contributed by atoms with Gasteiger partial charge in [0.05, 0.1) is 0 Å². The van der Waals surface area contributed by atoms with Crippen molar-refractivity contribution in [3.05, 3.63) is 130 Å². The molecule has 4 aromatic rings. The first-order valence-electron chi connectivity index (χ1n) is 11.5. The number of nitrogens with two attached hydrogens (primary N) is 2. The molecule has 32 heavy (non-hydrogen) atoms. The molecule has 2 heteroatoms. The standard InChI is InChI=1S/C30H32N2/c31-29-17-13-27(14-18-29)21-25-9-5-23(6-10-25)3-1-2-4-24-7-11-26(12-8-24)22-28-15-19-30(32)20-16-28/h5-20H,1-4,21-22,31-32H2. The molecule has 0 saturated carbocycles. The average Bonchev–Trinajstić information content (AvgIpc) is 2.82. The van der Waals surface area contributed by atoms with E-state index in [2.05, 4.69) is 72.8 Å². The van der Waals surface area contributed by atoms with Crippen molar-refractivity contribution in [1.82, 2.24) is 0 Å². The predicted molar refractivity (Wildman–Crippen MR) is 137 cm³/mol. The van der Waals surface area contributed by atoms with Crippen molar-refractivity contribution in [1.29, 1.82) is 0 Å². The quantitative estimate of drug-likeness (QED) is 0.237. The molecule has 0 aliphatic heterocycles. The van der Waals surface area contributed by atoms with Crippen LogP contribution in [0.2, 0.25) is 0 Å². The maximum absolute atomic E-state index is 5.77. The van der Waals surface area contributed by atoms with E-state index < -0.39 is 0 Å². The highest BCUT2D eigenvalue weighted by Crippen LogP contribution is 2.16. The molecule has 0 atom stereocenters. The van der Waals surface area contributed by atoms with E-state index in [0.29, 0.717) is 0 Å². The van der Waals surface area contributed by atoms with Crippen LogP contribution in [-0.2, 0) is 25.7 Å². The molecule has 0 aliphatic rings. The number of hydrogen-bond acceptors (Lipinski definition) is 2. The van der Waals surface area contributed by atoms with E-state index in [-0.39, 0.29) is 0 Å². The Morgan fingerprint density at radius 2 is 0.594 bits per heavy atom. The summed E-state index contributed by atoms with van der Waals surface area (Å²) in [5, 5.41) is 0. The van der Waals surface area contributed by atoms with Crippen LogP contribution in [-0.4, -0.2) is 0 Å². The molecule has 0 bridgehead atoms. The molecule has 0 radical (unpaired) electrons. The van der Waals surface area contributed by atoms with Gasteiger partial charge in [-0.05, 0) is 96.2 Å². The summed E-state index contributed by atoms with van der Waals surface area (Å²) in [4.78, 5) is 0. The van der Waals surface area contributed by atoms with E-state index >= 15 is 0 Å². The molecule has 0 aromatic heterocycles. The second kappa shape index (κ2) is 10.7. The first kappa shape index (κ1) is 21.7. The number of nitrogen functional groups attached to an aromatic ring is 2. The Morgan fingerprint density at radius 1 is 0.344 bits per heavy atom. The summed E-state index contributed by atoms with van der Waals surface area (Å²) < 4.78 is 0. The molecule has 4 aromatic carbocycles. The molecule has 0 fully saturated rings. The lowest BCUT2D eigenvalue weighted by molar-refractivity contribution is 0.734. The minimum atomic E-state index is 0.818. The Kier molecular flexibility index (Phi) is 7.24. The van der Waals surface area contributed by atoms with Crippen molar-refractivity contribution in [3.63, 3.8) is 0 Å². The van der Waals surface area contributed by atoms with Gasteiger partial charge in [-0.15, -0.1) is 0 Å². The van der Waals surface area contributed by atoms with Crippen molar-refractivity contribution >= 4 is 11.4 Å². The summed E-state index contributed by atoms with van der Waals surface area (Å²) in [7, 11) is 0.